The highest BCUT2D eigenvalue weighted by Gasteiger charge is 2.32. The lowest BCUT2D eigenvalue weighted by atomic mass is 9.96. The summed E-state index contributed by atoms with van der Waals surface area (Å²) in [4.78, 5) is 2.34. The van der Waals surface area contributed by atoms with E-state index in [0.717, 1.165) is 69.6 Å². The Bertz CT molecular complexity index is 560. The summed E-state index contributed by atoms with van der Waals surface area (Å²) >= 11 is 0. The van der Waals surface area contributed by atoms with Crippen molar-refractivity contribution in [1.29, 1.82) is 0 Å². The van der Waals surface area contributed by atoms with Crippen molar-refractivity contribution >= 4 is 12.4 Å². The third kappa shape index (κ3) is 6.18. The van der Waals surface area contributed by atoms with Crippen LogP contribution in [0.1, 0.15) is 42.9 Å². The molecule has 1 aromatic carbocycles. The van der Waals surface area contributed by atoms with Crippen LogP contribution in [0.15, 0.2) is 30.9 Å². The molecule has 0 spiro atoms. The van der Waals surface area contributed by atoms with E-state index >= 15 is 0 Å². The van der Waals surface area contributed by atoms with E-state index in [9.17, 15) is 13.2 Å². The van der Waals surface area contributed by atoms with E-state index < -0.39 is 11.7 Å². The molecule has 1 heterocycles. The molecular weight excluding hydrogens is 365 g/mol. The van der Waals surface area contributed by atoms with Crippen molar-refractivity contribution in [3.8, 4) is 5.75 Å². The minimum Gasteiger partial charge on any atom is -0.496 e. The highest BCUT2D eigenvalue weighted by Crippen LogP contribution is 2.38. The second-order valence-electron chi connectivity index (χ2n) is 6.33. The molecule has 0 amide bonds. The summed E-state index contributed by atoms with van der Waals surface area (Å²) in [6.07, 6.45) is 1.44. The Hall–Kier alpha value is -1.24. The van der Waals surface area contributed by atoms with Gasteiger partial charge < -0.3 is 10.1 Å². The van der Waals surface area contributed by atoms with Crippen molar-refractivity contribution in [2.45, 2.75) is 37.9 Å². The van der Waals surface area contributed by atoms with E-state index in [0.29, 0.717) is 5.75 Å². The van der Waals surface area contributed by atoms with Crippen LogP contribution in [-0.4, -0.2) is 38.2 Å². The number of rotatable bonds is 8. The number of nitrogens with zero attached hydrogens (tertiary/aromatic N) is 1. The van der Waals surface area contributed by atoms with Crippen molar-refractivity contribution < 1.29 is 17.9 Å². The Labute approximate surface area is 160 Å². The maximum absolute atomic E-state index is 13.0. The number of unbranched alkanes of at least 4 members (excludes halogenated alkanes) is 2. The van der Waals surface area contributed by atoms with Crippen molar-refractivity contribution in [2.24, 2.45) is 0 Å². The first kappa shape index (κ1) is 22.8. The van der Waals surface area contributed by atoms with Gasteiger partial charge in [0.05, 0.1) is 12.7 Å². The van der Waals surface area contributed by atoms with Gasteiger partial charge in [0, 0.05) is 37.8 Å². The summed E-state index contributed by atoms with van der Waals surface area (Å²) in [5, 5.41) is 3.32. The van der Waals surface area contributed by atoms with Crippen LogP contribution in [0.5, 0.6) is 5.75 Å². The summed E-state index contributed by atoms with van der Waals surface area (Å²) in [6, 6.07) is 3.94. The molecule has 0 bridgehead atoms. The van der Waals surface area contributed by atoms with Gasteiger partial charge in [0.15, 0.2) is 0 Å². The third-order valence-corrected chi connectivity index (χ3v) is 4.65. The smallest absolute Gasteiger partial charge is 0.416 e. The van der Waals surface area contributed by atoms with Crippen LogP contribution in [0.3, 0.4) is 0 Å². The van der Waals surface area contributed by atoms with Gasteiger partial charge in [-0.1, -0.05) is 18.6 Å². The molecule has 3 nitrogen and oxygen atoms in total. The van der Waals surface area contributed by atoms with Crippen LogP contribution < -0.4 is 10.1 Å². The fourth-order valence-electron chi connectivity index (χ4n) is 3.32. The van der Waals surface area contributed by atoms with Crippen LogP contribution in [0, 0.1) is 0 Å². The van der Waals surface area contributed by atoms with Gasteiger partial charge in [0.2, 0.25) is 0 Å². The summed E-state index contributed by atoms with van der Waals surface area (Å²) in [6.45, 7) is 7.30. The van der Waals surface area contributed by atoms with E-state index in [1.54, 1.807) is 6.07 Å². The first-order chi connectivity index (χ1) is 12.0. The number of ether oxygens (including phenoxy) is 1. The van der Waals surface area contributed by atoms with Crippen LogP contribution in [0.4, 0.5) is 13.2 Å². The molecule has 1 atom stereocenters. The zero-order valence-corrected chi connectivity index (χ0v) is 16.0. The molecule has 148 valence electrons. The van der Waals surface area contributed by atoms with Gasteiger partial charge in [-0.15, -0.1) is 19.0 Å². The molecule has 7 heteroatoms. The van der Waals surface area contributed by atoms with Crippen LogP contribution in [0.25, 0.3) is 0 Å². The summed E-state index contributed by atoms with van der Waals surface area (Å²) in [7, 11) is 1.44. The average molecular weight is 393 g/mol. The number of allylic oxidation sites excluding steroid dienone is 1. The molecule has 1 N–H and O–H groups in total. The number of hydrogen-bond donors (Lipinski definition) is 1. The number of halogens is 4. The van der Waals surface area contributed by atoms with Crippen molar-refractivity contribution in [3.63, 3.8) is 0 Å². The zero-order chi connectivity index (χ0) is 18.3. The van der Waals surface area contributed by atoms with Gasteiger partial charge >= 0.3 is 6.18 Å². The molecule has 1 aliphatic rings. The van der Waals surface area contributed by atoms with Gasteiger partial charge in [0.1, 0.15) is 5.75 Å². The number of piperazine rings is 1. The van der Waals surface area contributed by atoms with E-state index in [1.165, 1.54) is 7.11 Å². The predicted molar refractivity (Wildman–Crippen MR) is 101 cm³/mol. The largest absolute Gasteiger partial charge is 0.496 e. The molecule has 1 aliphatic heterocycles. The second kappa shape index (κ2) is 10.8. The van der Waals surface area contributed by atoms with Crippen LogP contribution in [-0.2, 0) is 6.18 Å². The second-order valence-corrected chi connectivity index (χ2v) is 6.33. The molecule has 1 aromatic rings. The molecule has 0 radical (unpaired) electrons. The van der Waals surface area contributed by atoms with E-state index in [2.05, 4.69) is 16.8 Å². The molecule has 0 unspecified atom stereocenters. The predicted octanol–water partition coefficient (Wildman–Crippen LogP) is 4.83. The molecular formula is C19H28ClF3N2O. The maximum Gasteiger partial charge on any atom is 0.416 e. The first-order valence-electron chi connectivity index (χ1n) is 8.78. The first-order valence-corrected chi connectivity index (χ1v) is 8.78. The summed E-state index contributed by atoms with van der Waals surface area (Å²) in [5.74, 6) is 0.321. The Balaban J connectivity index is 0.00000338. The van der Waals surface area contributed by atoms with E-state index in [1.807, 2.05) is 6.08 Å². The van der Waals surface area contributed by atoms with E-state index in [-0.39, 0.29) is 18.4 Å². The Morgan fingerprint density at radius 3 is 2.54 bits per heavy atom. The Morgan fingerprint density at radius 2 is 1.96 bits per heavy atom. The number of nitrogens with one attached hydrogen (secondary N) is 1. The normalized spacial score (nSPS) is 16.6. The van der Waals surface area contributed by atoms with Crippen molar-refractivity contribution in [1.82, 2.24) is 10.2 Å². The fourth-order valence-corrected chi connectivity index (χ4v) is 3.32. The lowest BCUT2D eigenvalue weighted by Gasteiger charge is -2.36. The quantitative estimate of drug-likeness (QED) is 0.506. The molecule has 1 saturated heterocycles. The van der Waals surface area contributed by atoms with Crippen molar-refractivity contribution in [2.75, 3.05) is 33.3 Å². The number of hydrogen-bond acceptors (Lipinski definition) is 3. The third-order valence-electron chi connectivity index (χ3n) is 4.65. The monoisotopic (exact) mass is 392 g/mol. The zero-order valence-electron chi connectivity index (χ0n) is 15.1. The molecule has 0 aromatic heterocycles. The SMILES string of the molecule is C=CCCCC[C@@H](c1ccc(C(F)(F)F)cc1OC)N1CCNCC1.Cl. The lowest BCUT2D eigenvalue weighted by Crippen LogP contribution is -2.45. The molecule has 1 fully saturated rings. The molecule has 2 rings (SSSR count). The highest BCUT2D eigenvalue weighted by atomic mass is 35.5. The topological polar surface area (TPSA) is 24.5 Å². The summed E-state index contributed by atoms with van der Waals surface area (Å²) in [5.41, 5.74) is 0.176. The Morgan fingerprint density at radius 1 is 1.27 bits per heavy atom. The molecule has 26 heavy (non-hydrogen) atoms. The minimum absolute atomic E-state index is 0. The standard InChI is InChI=1S/C19H27F3N2O.ClH/c1-3-4-5-6-7-17(24-12-10-23-11-13-24)16-9-8-15(19(20,21)22)14-18(16)25-2;/h3,8-9,14,17,23H,1,4-7,10-13H2,2H3;1H/t17-;/m0./s1. The summed E-state index contributed by atoms with van der Waals surface area (Å²) < 4.78 is 44.3. The van der Waals surface area contributed by atoms with E-state index in [4.69, 9.17) is 4.74 Å². The maximum atomic E-state index is 13.0. The lowest BCUT2D eigenvalue weighted by molar-refractivity contribution is -0.137. The average Bonchev–Trinajstić information content (AvgIpc) is 2.61. The van der Waals surface area contributed by atoms with Crippen molar-refractivity contribution in [3.05, 3.63) is 42.0 Å². The number of methoxy groups -OCH3 is 1. The number of benzene rings is 1. The number of alkyl halides is 3. The van der Waals surface area contributed by atoms with Crippen LogP contribution in [0.2, 0.25) is 0 Å². The molecule has 0 aliphatic carbocycles. The fraction of sp³-hybridized carbons (Fsp3) is 0.579. The van der Waals surface area contributed by atoms with Crippen LogP contribution >= 0.6 is 12.4 Å². The minimum atomic E-state index is -4.36. The van der Waals surface area contributed by atoms with Gasteiger partial charge in [-0.05, 0) is 31.4 Å². The van der Waals surface area contributed by atoms with Gasteiger partial charge in [0.25, 0.3) is 0 Å². The van der Waals surface area contributed by atoms with Gasteiger partial charge in [-0.2, -0.15) is 13.2 Å². The highest BCUT2D eigenvalue weighted by molar-refractivity contribution is 5.85. The van der Waals surface area contributed by atoms with Gasteiger partial charge in [-0.3, -0.25) is 4.90 Å². The molecule has 0 saturated carbocycles. The van der Waals surface area contributed by atoms with Gasteiger partial charge in [-0.25, -0.2) is 0 Å². The Kier molecular flexibility index (Phi) is 9.47.